The quantitative estimate of drug-likeness (QED) is 0.470. The Morgan fingerprint density at radius 2 is 1.88 bits per heavy atom. The van der Waals surface area contributed by atoms with Crippen molar-refractivity contribution in [3.05, 3.63) is 29.3 Å². The minimum absolute atomic E-state index is 0.140. The summed E-state index contributed by atoms with van der Waals surface area (Å²) < 4.78 is 11.5. The van der Waals surface area contributed by atoms with Gasteiger partial charge in [-0.1, -0.05) is 13.0 Å². The minimum Gasteiger partial charge on any atom is -0.508 e. The molecule has 3 aliphatic carbocycles. The van der Waals surface area contributed by atoms with Crippen LogP contribution in [-0.2, 0) is 20.7 Å². The second-order valence-electron chi connectivity index (χ2n) is 10.3. The predicted octanol–water partition coefficient (Wildman–Crippen LogP) is 1.53. The van der Waals surface area contributed by atoms with Crippen LogP contribution in [0.5, 0.6) is 5.75 Å². The number of phenols is 1. The molecule has 0 amide bonds. The van der Waals surface area contributed by atoms with Gasteiger partial charge in [0.1, 0.15) is 24.1 Å². The number of carbonyl (C=O) groups is 1. The lowest BCUT2D eigenvalue weighted by molar-refractivity contribution is -0.312. The van der Waals surface area contributed by atoms with Gasteiger partial charge in [0.25, 0.3) is 0 Å². The largest absolute Gasteiger partial charge is 0.508 e. The smallest absolute Gasteiger partial charge is 0.335 e. The number of aliphatic hydroxyl groups excluding tert-OH is 3. The molecule has 3 fully saturated rings. The molecule has 1 saturated heterocycles. The molecule has 5 N–H and O–H groups in total. The van der Waals surface area contributed by atoms with E-state index in [-0.39, 0.29) is 11.5 Å². The molecule has 176 valence electrons. The van der Waals surface area contributed by atoms with Crippen LogP contribution in [0.2, 0.25) is 0 Å². The fraction of sp³-hybridized carbons (Fsp3) is 0.708. The molecule has 0 radical (unpaired) electrons. The zero-order chi connectivity index (χ0) is 22.8. The molecule has 10 atom stereocenters. The van der Waals surface area contributed by atoms with Crippen molar-refractivity contribution in [2.24, 2.45) is 17.3 Å². The van der Waals surface area contributed by atoms with Gasteiger partial charge in [-0.3, -0.25) is 0 Å². The van der Waals surface area contributed by atoms with E-state index >= 15 is 0 Å². The lowest BCUT2D eigenvalue weighted by atomic mass is 9.55. The molecule has 8 heteroatoms. The highest BCUT2D eigenvalue weighted by Crippen LogP contribution is 2.61. The molecule has 2 saturated carbocycles. The first-order valence-corrected chi connectivity index (χ1v) is 11.6. The Bertz CT molecular complexity index is 889. The van der Waals surface area contributed by atoms with Gasteiger partial charge in [0, 0.05) is 0 Å². The van der Waals surface area contributed by atoms with Crippen LogP contribution in [0.3, 0.4) is 0 Å². The van der Waals surface area contributed by atoms with Gasteiger partial charge in [-0.05, 0) is 85.0 Å². The van der Waals surface area contributed by atoms with Crippen molar-refractivity contribution in [2.45, 2.75) is 88.2 Å². The van der Waals surface area contributed by atoms with E-state index in [0.29, 0.717) is 23.5 Å². The number of ether oxygens (including phenoxy) is 2. The topological polar surface area (TPSA) is 137 Å². The maximum atomic E-state index is 11.4. The Morgan fingerprint density at radius 3 is 2.62 bits per heavy atom. The first kappa shape index (κ1) is 22.1. The minimum atomic E-state index is -1.72. The Morgan fingerprint density at radius 1 is 1.09 bits per heavy atom. The van der Waals surface area contributed by atoms with Crippen molar-refractivity contribution in [1.82, 2.24) is 0 Å². The monoisotopic (exact) mass is 448 g/mol. The van der Waals surface area contributed by atoms with E-state index in [4.69, 9.17) is 9.47 Å². The number of aliphatic hydroxyl groups is 3. The summed E-state index contributed by atoms with van der Waals surface area (Å²) in [6.45, 7) is 2.22. The van der Waals surface area contributed by atoms with Crippen LogP contribution < -0.4 is 0 Å². The SMILES string of the molecule is C[C@@]12CC[C@H]3c4ccc(O)cc4CC[C@H]3[C@H]1CC[C@H]2O[C@H]1O[C@@H](C(=O)O)[C@H](O)[C@@H](O)[C@@H]1O. The molecular weight excluding hydrogens is 416 g/mol. The van der Waals surface area contributed by atoms with Crippen molar-refractivity contribution in [2.75, 3.05) is 0 Å². The Balaban J connectivity index is 1.34. The molecule has 32 heavy (non-hydrogen) atoms. The fourth-order valence-electron chi connectivity index (χ4n) is 7.07. The van der Waals surface area contributed by atoms with E-state index < -0.39 is 36.7 Å². The van der Waals surface area contributed by atoms with E-state index in [2.05, 4.69) is 13.0 Å². The van der Waals surface area contributed by atoms with Gasteiger partial charge in [0.15, 0.2) is 12.4 Å². The van der Waals surface area contributed by atoms with Crippen LogP contribution in [0.1, 0.15) is 56.1 Å². The summed E-state index contributed by atoms with van der Waals surface area (Å²) in [5, 5.41) is 49.6. The number of aromatic hydroxyl groups is 1. The normalized spacial score (nSPS) is 45.6. The van der Waals surface area contributed by atoms with Gasteiger partial charge in [0.05, 0.1) is 6.10 Å². The summed E-state index contributed by atoms with van der Waals surface area (Å²) in [6.07, 6.45) is -2.38. The van der Waals surface area contributed by atoms with Crippen molar-refractivity contribution >= 4 is 5.97 Å². The third-order valence-electron chi connectivity index (χ3n) is 8.73. The zero-order valence-electron chi connectivity index (χ0n) is 18.1. The van der Waals surface area contributed by atoms with Crippen LogP contribution in [0, 0.1) is 17.3 Å². The Hall–Kier alpha value is -1.71. The maximum Gasteiger partial charge on any atom is 0.335 e. The highest BCUT2D eigenvalue weighted by molar-refractivity contribution is 5.73. The number of hydrogen-bond donors (Lipinski definition) is 5. The van der Waals surface area contributed by atoms with Gasteiger partial charge >= 0.3 is 5.97 Å². The molecule has 0 aromatic heterocycles. The average Bonchev–Trinajstić information content (AvgIpc) is 3.09. The summed E-state index contributed by atoms with van der Waals surface area (Å²) >= 11 is 0. The van der Waals surface area contributed by atoms with Gasteiger partial charge in [-0.15, -0.1) is 0 Å². The molecule has 1 aliphatic heterocycles. The standard InChI is InChI=1S/C24H32O8/c1-24-9-8-14-13-5-3-12(25)10-11(13)2-4-15(14)16(24)6-7-17(24)31-23-20(28)18(26)19(27)21(32-23)22(29)30/h3,5,10,14-21,23,25-28H,2,4,6-9H2,1H3,(H,29,30)/t14-,15+,16+,17+,18+,19+,20-,21+,23-,24+/m0/s1. The van der Waals surface area contributed by atoms with E-state index in [9.17, 15) is 30.3 Å². The van der Waals surface area contributed by atoms with Crippen molar-refractivity contribution in [3.8, 4) is 5.75 Å². The van der Waals surface area contributed by atoms with Crippen LogP contribution in [0.25, 0.3) is 0 Å². The second kappa shape index (κ2) is 7.95. The Labute approximate surface area is 186 Å². The number of aliphatic carboxylic acids is 1. The van der Waals surface area contributed by atoms with Crippen LogP contribution in [0.4, 0.5) is 0 Å². The molecule has 4 aliphatic rings. The van der Waals surface area contributed by atoms with Crippen molar-refractivity contribution in [3.63, 3.8) is 0 Å². The Kier molecular flexibility index (Phi) is 5.49. The summed E-state index contributed by atoms with van der Waals surface area (Å²) in [6, 6.07) is 5.73. The number of carboxylic acids is 1. The molecule has 0 spiro atoms. The molecule has 1 aromatic rings. The van der Waals surface area contributed by atoms with Crippen LogP contribution in [-0.4, -0.2) is 68.3 Å². The molecule has 5 rings (SSSR count). The molecule has 8 nitrogen and oxygen atoms in total. The third kappa shape index (κ3) is 3.35. The predicted molar refractivity (Wildman–Crippen MR) is 112 cm³/mol. The first-order valence-electron chi connectivity index (χ1n) is 11.6. The average molecular weight is 449 g/mol. The van der Waals surface area contributed by atoms with Crippen LogP contribution in [0.15, 0.2) is 18.2 Å². The van der Waals surface area contributed by atoms with Crippen molar-refractivity contribution in [1.29, 1.82) is 0 Å². The van der Waals surface area contributed by atoms with Gasteiger partial charge in [0.2, 0.25) is 0 Å². The number of rotatable bonds is 3. The van der Waals surface area contributed by atoms with Gasteiger partial charge < -0.3 is 35.0 Å². The maximum absolute atomic E-state index is 11.4. The fourth-order valence-corrected chi connectivity index (χ4v) is 7.07. The van der Waals surface area contributed by atoms with Gasteiger partial charge in [-0.25, -0.2) is 4.79 Å². The van der Waals surface area contributed by atoms with Crippen LogP contribution >= 0.6 is 0 Å². The second-order valence-corrected chi connectivity index (χ2v) is 10.3. The van der Waals surface area contributed by atoms with Crippen molar-refractivity contribution < 1.29 is 39.8 Å². The zero-order valence-corrected chi connectivity index (χ0v) is 18.1. The highest BCUT2D eigenvalue weighted by Gasteiger charge is 2.57. The van der Waals surface area contributed by atoms with Gasteiger partial charge in [-0.2, -0.15) is 0 Å². The number of phenolic OH excluding ortho intramolecular Hbond substituents is 1. The highest BCUT2D eigenvalue weighted by atomic mass is 16.7. The number of benzene rings is 1. The lowest BCUT2D eigenvalue weighted by Crippen LogP contribution is -2.61. The molecule has 1 aromatic carbocycles. The number of aryl methyl sites for hydroxylation is 1. The van der Waals surface area contributed by atoms with E-state index in [1.165, 1.54) is 11.1 Å². The van der Waals surface area contributed by atoms with E-state index in [1.807, 2.05) is 6.07 Å². The molecule has 0 bridgehead atoms. The molecule has 0 unspecified atom stereocenters. The molecule has 1 heterocycles. The summed E-state index contributed by atoms with van der Waals surface area (Å²) in [7, 11) is 0. The summed E-state index contributed by atoms with van der Waals surface area (Å²) in [5.74, 6) is 0.312. The number of carboxylic acid groups (broad SMARTS) is 1. The number of hydrogen-bond acceptors (Lipinski definition) is 7. The summed E-state index contributed by atoms with van der Waals surface area (Å²) in [5.41, 5.74) is 2.45. The first-order chi connectivity index (χ1) is 15.2. The summed E-state index contributed by atoms with van der Waals surface area (Å²) in [4.78, 5) is 11.4. The molecular formula is C24H32O8. The number of fused-ring (bicyclic) bond motifs is 5. The lowest BCUT2D eigenvalue weighted by Gasteiger charge is -2.51. The van der Waals surface area contributed by atoms with E-state index in [1.54, 1.807) is 6.07 Å². The third-order valence-corrected chi connectivity index (χ3v) is 8.73. The van der Waals surface area contributed by atoms with E-state index in [0.717, 1.165) is 38.5 Å².